The Morgan fingerprint density at radius 3 is 2.32 bits per heavy atom. The highest BCUT2D eigenvalue weighted by Gasteiger charge is 2.56. The molecule has 31 heavy (non-hydrogen) atoms. The van der Waals surface area contributed by atoms with Crippen molar-refractivity contribution in [3.8, 4) is 17.2 Å². The second kappa shape index (κ2) is 7.26. The number of fused-ring (bicyclic) bond motifs is 3. The molecule has 1 heterocycles. The minimum Gasteiger partial charge on any atom is -0.507 e. The Balaban J connectivity index is 2.25. The van der Waals surface area contributed by atoms with Crippen molar-refractivity contribution in [2.75, 3.05) is 7.05 Å². The molecule has 1 aliphatic heterocycles. The minimum absolute atomic E-state index is 0.0152. The van der Waals surface area contributed by atoms with Gasteiger partial charge in [-0.25, -0.2) is 0 Å². The first-order chi connectivity index (χ1) is 14.4. The molecule has 0 bridgehead atoms. The van der Waals surface area contributed by atoms with Crippen LogP contribution in [0.15, 0.2) is 23.1 Å². The van der Waals surface area contributed by atoms with Crippen molar-refractivity contribution in [3.63, 3.8) is 0 Å². The topological polar surface area (TPSA) is 142 Å². The second-order valence-corrected chi connectivity index (χ2v) is 7.87. The average Bonchev–Trinajstić information content (AvgIpc) is 2.98. The Labute approximate surface area is 178 Å². The molecule has 0 fully saturated rings. The Hall–Kier alpha value is -3.62. The molecular formula is C22H24N2O7. The zero-order valence-electron chi connectivity index (χ0n) is 18.1. The fraction of sp³-hybridized carbons (Fsp3) is 0.364. The van der Waals surface area contributed by atoms with Gasteiger partial charge in [0.1, 0.15) is 40.0 Å². The number of aromatic hydroxyl groups is 2. The number of phenolic OH excluding ortho intramolecular Hbond substituents is 2. The fourth-order valence-electron chi connectivity index (χ4n) is 4.04. The lowest BCUT2D eigenvalue weighted by Gasteiger charge is -2.29. The van der Waals surface area contributed by atoms with Crippen molar-refractivity contribution in [3.05, 3.63) is 39.8 Å². The molecule has 3 rings (SSSR count). The number of rotatable bonds is 4. The standard InChI is InChI=1S/C22H24N2O7/c1-8-17(27)15(11(4)25)19-16(18(8)28)22(5)13(31-19)7-12(26)14(20(22)29)9(2)24-10(3)21(30)23-6/h7,10,24,27-28H,1-6H3,(H,23,30). The average molecular weight is 428 g/mol. The molecule has 2 atom stereocenters. The Bertz CT molecular complexity index is 1130. The number of hydrogen-bond acceptors (Lipinski definition) is 8. The predicted molar refractivity (Wildman–Crippen MR) is 110 cm³/mol. The molecule has 0 aromatic heterocycles. The first-order valence-electron chi connectivity index (χ1n) is 9.65. The van der Waals surface area contributed by atoms with Crippen LogP contribution < -0.4 is 15.4 Å². The lowest BCUT2D eigenvalue weighted by atomic mass is 9.70. The molecule has 2 aliphatic rings. The fourth-order valence-corrected chi connectivity index (χ4v) is 4.04. The summed E-state index contributed by atoms with van der Waals surface area (Å²) < 4.78 is 5.70. The summed E-state index contributed by atoms with van der Waals surface area (Å²) in [6.07, 6.45) is 1.13. The molecule has 1 aromatic carbocycles. The van der Waals surface area contributed by atoms with Gasteiger partial charge in [-0.2, -0.15) is 0 Å². The van der Waals surface area contributed by atoms with E-state index in [0.717, 1.165) is 6.08 Å². The molecule has 0 saturated heterocycles. The van der Waals surface area contributed by atoms with Gasteiger partial charge in [-0.1, -0.05) is 0 Å². The molecule has 0 radical (unpaired) electrons. The number of likely N-dealkylation sites (N-methyl/N-ethyl adjacent to an activating group) is 1. The van der Waals surface area contributed by atoms with E-state index in [9.17, 15) is 29.4 Å². The zero-order valence-corrected chi connectivity index (χ0v) is 18.1. The second-order valence-electron chi connectivity index (χ2n) is 7.87. The van der Waals surface area contributed by atoms with E-state index in [4.69, 9.17) is 4.74 Å². The Morgan fingerprint density at radius 2 is 1.77 bits per heavy atom. The zero-order chi connectivity index (χ0) is 23.4. The van der Waals surface area contributed by atoms with Crippen LogP contribution in [-0.2, 0) is 19.8 Å². The van der Waals surface area contributed by atoms with Crippen molar-refractivity contribution < 1.29 is 34.1 Å². The number of allylic oxidation sites excluding steroid dienone is 4. The summed E-state index contributed by atoms with van der Waals surface area (Å²) >= 11 is 0. The van der Waals surface area contributed by atoms with Gasteiger partial charge in [0.15, 0.2) is 17.3 Å². The van der Waals surface area contributed by atoms with Crippen LogP contribution in [0.5, 0.6) is 17.2 Å². The van der Waals surface area contributed by atoms with Crippen molar-refractivity contribution in [1.82, 2.24) is 10.6 Å². The normalized spacial score (nSPS) is 22.1. The van der Waals surface area contributed by atoms with Crippen LogP contribution in [0.4, 0.5) is 0 Å². The first kappa shape index (κ1) is 22.1. The van der Waals surface area contributed by atoms with Gasteiger partial charge in [-0.3, -0.25) is 19.2 Å². The molecule has 9 heteroatoms. The Morgan fingerprint density at radius 1 is 1.16 bits per heavy atom. The summed E-state index contributed by atoms with van der Waals surface area (Å²) in [6, 6.07) is -0.708. The van der Waals surface area contributed by atoms with E-state index in [0.29, 0.717) is 0 Å². The van der Waals surface area contributed by atoms with Gasteiger partial charge in [0.2, 0.25) is 5.91 Å². The molecule has 0 spiro atoms. The molecule has 164 valence electrons. The third-order valence-corrected chi connectivity index (χ3v) is 5.83. The van der Waals surface area contributed by atoms with Crippen LogP contribution in [0, 0.1) is 6.92 Å². The summed E-state index contributed by atoms with van der Waals surface area (Å²) in [4.78, 5) is 50.4. The minimum atomic E-state index is -1.59. The summed E-state index contributed by atoms with van der Waals surface area (Å²) in [6.45, 7) is 7.20. The molecule has 1 aliphatic carbocycles. The quantitative estimate of drug-likeness (QED) is 0.319. The van der Waals surface area contributed by atoms with E-state index in [2.05, 4.69) is 10.6 Å². The third-order valence-electron chi connectivity index (χ3n) is 5.83. The predicted octanol–water partition coefficient (Wildman–Crippen LogP) is 1.29. The highest BCUT2D eigenvalue weighted by atomic mass is 16.5. The van der Waals surface area contributed by atoms with Crippen molar-refractivity contribution >= 4 is 23.3 Å². The van der Waals surface area contributed by atoms with Crippen LogP contribution in [0.1, 0.15) is 49.2 Å². The lowest BCUT2D eigenvalue weighted by Crippen LogP contribution is -2.44. The highest BCUT2D eigenvalue weighted by Crippen LogP contribution is 2.57. The van der Waals surface area contributed by atoms with Crippen LogP contribution in [0.25, 0.3) is 0 Å². The van der Waals surface area contributed by atoms with Gasteiger partial charge in [-0.15, -0.1) is 0 Å². The lowest BCUT2D eigenvalue weighted by molar-refractivity contribution is -0.124. The number of hydrogen-bond donors (Lipinski definition) is 4. The van der Waals surface area contributed by atoms with Gasteiger partial charge in [0, 0.05) is 24.4 Å². The maximum atomic E-state index is 13.6. The summed E-state index contributed by atoms with van der Waals surface area (Å²) in [7, 11) is 1.47. The van der Waals surface area contributed by atoms with Gasteiger partial charge in [0.25, 0.3) is 0 Å². The largest absolute Gasteiger partial charge is 0.507 e. The molecule has 4 N–H and O–H groups in total. The van der Waals surface area contributed by atoms with Gasteiger partial charge in [-0.05, 0) is 34.6 Å². The van der Waals surface area contributed by atoms with Crippen LogP contribution >= 0.6 is 0 Å². The Kier molecular flexibility index (Phi) is 5.17. The first-order valence-corrected chi connectivity index (χ1v) is 9.65. The van der Waals surface area contributed by atoms with E-state index in [1.165, 1.54) is 34.7 Å². The number of amides is 1. The van der Waals surface area contributed by atoms with Gasteiger partial charge < -0.3 is 25.6 Å². The number of ether oxygens (including phenoxy) is 1. The van der Waals surface area contributed by atoms with Gasteiger partial charge in [0.05, 0.1) is 11.1 Å². The molecule has 1 aromatic rings. The monoisotopic (exact) mass is 428 g/mol. The number of ketones is 3. The number of carbonyl (C=O) groups is 4. The summed E-state index contributed by atoms with van der Waals surface area (Å²) in [5.41, 5.74) is -1.72. The van der Waals surface area contributed by atoms with Crippen molar-refractivity contribution in [2.45, 2.75) is 46.1 Å². The molecule has 2 unspecified atom stereocenters. The van der Waals surface area contributed by atoms with Crippen LogP contribution in [0.2, 0.25) is 0 Å². The number of Topliss-reactive ketones (excluding diaryl/α,β-unsaturated/α-hetero) is 2. The third kappa shape index (κ3) is 2.99. The maximum absolute atomic E-state index is 13.6. The number of carbonyl (C=O) groups excluding carboxylic acids is 4. The summed E-state index contributed by atoms with van der Waals surface area (Å²) in [5.74, 6) is -3.17. The van der Waals surface area contributed by atoms with E-state index >= 15 is 0 Å². The highest BCUT2D eigenvalue weighted by molar-refractivity contribution is 6.31. The van der Waals surface area contributed by atoms with Crippen molar-refractivity contribution in [1.29, 1.82) is 0 Å². The SMILES string of the molecule is CNC(=O)C(C)NC(C)=C1C(=O)C=C2Oc3c(C(C)=O)c(O)c(C)c(O)c3C2(C)C1=O. The van der Waals surface area contributed by atoms with E-state index in [1.54, 1.807) is 6.92 Å². The molecular weight excluding hydrogens is 404 g/mol. The van der Waals surface area contributed by atoms with E-state index in [1.807, 2.05) is 0 Å². The van der Waals surface area contributed by atoms with Crippen LogP contribution in [-0.4, -0.2) is 46.6 Å². The smallest absolute Gasteiger partial charge is 0.241 e. The summed E-state index contributed by atoms with van der Waals surface area (Å²) in [5, 5.41) is 26.5. The number of benzene rings is 1. The van der Waals surface area contributed by atoms with E-state index in [-0.39, 0.29) is 45.4 Å². The number of nitrogens with one attached hydrogen (secondary N) is 2. The number of phenols is 2. The molecule has 0 saturated carbocycles. The molecule has 9 nitrogen and oxygen atoms in total. The molecule has 1 amide bonds. The maximum Gasteiger partial charge on any atom is 0.241 e. The van der Waals surface area contributed by atoms with E-state index < -0.39 is 40.3 Å². The van der Waals surface area contributed by atoms with Crippen LogP contribution in [0.3, 0.4) is 0 Å². The van der Waals surface area contributed by atoms with Crippen molar-refractivity contribution in [2.24, 2.45) is 0 Å². The van der Waals surface area contributed by atoms with Gasteiger partial charge >= 0.3 is 0 Å².